The van der Waals surface area contributed by atoms with Crippen LogP contribution in [0.25, 0.3) is 22.2 Å². The van der Waals surface area contributed by atoms with Crippen LogP contribution in [0.3, 0.4) is 0 Å². The zero-order valence-electron chi connectivity index (χ0n) is 13.3. The van der Waals surface area contributed by atoms with Crippen molar-refractivity contribution in [3.8, 4) is 11.3 Å². The average molecular weight is 304 g/mol. The van der Waals surface area contributed by atoms with Gasteiger partial charge in [-0.25, -0.2) is 4.98 Å². The number of piperidine rings is 1. The van der Waals surface area contributed by atoms with Gasteiger partial charge in [0.05, 0.1) is 17.4 Å². The minimum atomic E-state index is 0.563. The van der Waals surface area contributed by atoms with Crippen molar-refractivity contribution in [2.24, 2.45) is 0 Å². The Labute approximate surface area is 136 Å². The standard InChI is InChI=1S/C19H20N4/c1-14-4-2-3-11-23(14)19-12-17(15-5-8-20-9-6-15)22-18-13-21-10-7-16(18)19/h5-10,12-14H,2-4,11H2,1H3. The Kier molecular flexibility index (Phi) is 3.66. The number of hydrogen-bond donors (Lipinski definition) is 0. The topological polar surface area (TPSA) is 41.9 Å². The van der Waals surface area contributed by atoms with Gasteiger partial charge in [0.2, 0.25) is 0 Å². The lowest BCUT2D eigenvalue weighted by Crippen LogP contribution is -2.37. The first-order valence-electron chi connectivity index (χ1n) is 8.25. The second-order valence-corrected chi connectivity index (χ2v) is 6.19. The summed E-state index contributed by atoms with van der Waals surface area (Å²) < 4.78 is 0. The monoisotopic (exact) mass is 304 g/mol. The molecular weight excluding hydrogens is 284 g/mol. The summed E-state index contributed by atoms with van der Waals surface area (Å²) in [5.41, 5.74) is 4.31. The Morgan fingerprint density at radius 1 is 1.04 bits per heavy atom. The van der Waals surface area contributed by atoms with Crippen LogP contribution in [0.1, 0.15) is 26.2 Å². The van der Waals surface area contributed by atoms with Crippen LogP contribution in [0.15, 0.2) is 49.1 Å². The molecule has 0 N–H and O–H groups in total. The first-order chi connectivity index (χ1) is 11.3. The molecule has 4 heteroatoms. The van der Waals surface area contributed by atoms with E-state index in [4.69, 9.17) is 4.98 Å². The molecule has 0 amide bonds. The van der Waals surface area contributed by atoms with Crippen LogP contribution in [-0.4, -0.2) is 27.5 Å². The van der Waals surface area contributed by atoms with Gasteiger partial charge in [0, 0.05) is 47.8 Å². The van der Waals surface area contributed by atoms with E-state index in [2.05, 4.69) is 33.9 Å². The van der Waals surface area contributed by atoms with Gasteiger partial charge in [-0.15, -0.1) is 0 Å². The largest absolute Gasteiger partial charge is 0.368 e. The number of aromatic nitrogens is 3. The number of hydrogen-bond acceptors (Lipinski definition) is 4. The third kappa shape index (κ3) is 2.65. The Morgan fingerprint density at radius 3 is 2.70 bits per heavy atom. The molecule has 1 atom stereocenters. The van der Waals surface area contributed by atoms with Gasteiger partial charge < -0.3 is 4.90 Å². The first kappa shape index (κ1) is 14.1. The minimum absolute atomic E-state index is 0.563. The average Bonchev–Trinajstić information content (AvgIpc) is 2.62. The SMILES string of the molecule is CC1CCCCN1c1cc(-c2ccncc2)nc2cnccc12. The third-order valence-electron chi connectivity index (χ3n) is 4.68. The number of fused-ring (bicyclic) bond motifs is 1. The molecule has 116 valence electrons. The summed E-state index contributed by atoms with van der Waals surface area (Å²) in [4.78, 5) is 15.7. The molecule has 0 saturated carbocycles. The van der Waals surface area contributed by atoms with Crippen LogP contribution in [0.4, 0.5) is 5.69 Å². The summed E-state index contributed by atoms with van der Waals surface area (Å²) in [5.74, 6) is 0. The molecule has 3 aromatic rings. The van der Waals surface area contributed by atoms with E-state index in [0.29, 0.717) is 6.04 Å². The molecule has 1 aliphatic rings. The van der Waals surface area contributed by atoms with E-state index in [1.165, 1.54) is 30.3 Å². The molecule has 1 fully saturated rings. The summed E-state index contributed by atoms with van der Waals surface area (Å²) in [6.45, 7) is 3.43. The van der Waals surface area contributed by atoms with Crippen molar-refractivity contribution >= 4 is 16.6 Å². The Balaban J connectivity index is 1.91. The fraction of sp³-hybridized carbons (Fsp3) is 0.316. The second-order valence-electron chi connectivity index (χ2n) is 6.19. The highest BCUT2D eigenvalue weighted by Gasteiger charge is 2.21. The van der Waals surface area contributed by atoms with Crippen molar-refractivity contribution in [2.75, 3.05) is 11.4 Å². The molecule has 0 bridgehead atoms. The molecule has 4 rings (SSSR count). The smallest absolute Gasteiger partial charge is 0.0913 e. The van der Waals surface area contributed by atoms with Gasteiger partial charge in [0.25, 0.3) is 0 Å². The van der Waals surface area contributed by atoms with Crippen molar-refractivity contribution in [2.45, 2.75) is 32.2 Å². The summed E-state index contributed by atoms with van der Waals surface area (Å²) in [7, 11) is 0. The first-order valence-corrected chi connectivity index (χ1v) is 8.25. The molecule has 0 spiro atoms. The van der Waals surface area contributed by atoms with Crippen LogP contribution >= 0.6 is 0 Å². The molecule has 4 nitrogen and oxygen atoms in total. The molecule has 23 heavy (non-hydrogen) atoms. The molecule has 0 aliphatic carbocycles. The maximum Gasteiger partial charge on any atom is 0.0913 e. The number of nitrogens with zero attached hydrogens (tertiary/aromatic N) is 4. The van der Waals surface area contributed by atoms with Crippen LogP contribution in [0.2, 0.25) is 0 Å². The normalized spacial score (nSPS) is 18.3. The van der Waals surface area contributed by atoms with Gasteiger partial charge in [-0.1, -0.05) is 0 Å². The van der Waals surface area contributed by atoms with Crippen LogP contribution in [0, 0.1) is 0 Å². The van der Waals surface area contributed by atoms with Crippen molar-refractivity contribution in [3.63, 3.8) is 0 Å². The van der Waals surface area contributed by atoms with Crippen molar-refractivity contribution in [1.29, 1.82) is 0 Å². The van der Waals surface area contributed by atoms with Crippen molar-refractivity contribution in [1.82, 2.24) is 15.0 Å². The van der Waals surface area contributed by atoms with Crippen molar-refractivity contribution < 1.29 is 0 Å². The van der Waals surface area contributed by atoms with Gasteiger partial charge >= 0.3 is 0 Å². The molecule has 1 aliphatic heterocycles. The summed E-state index contributed by atoms with van der Waals surface area (Å²) >= 11 is 0. The van der Waals surface area contributed by atoms with Crippen LogP contribution < -0.4 is 4.90 Å². The van der Waals surface area contributed by atoms with E-state index in [-0.39, 0.29) is 0 Å². The Bertz CT molecular complexity index is 816. The van der Waals surface area contributed by atoms with Crippen LogP contribution in [-0.2, 0) is 0 Å². The number of pyridine rings is 3. The molecule has 4 heterocycles. The summed E-state index contributed by atoms with van der Waals surface area (Å²) in [5, 5.41) is 1.19. The van der Waals surface area contributed by atoms with Crippen LogP contribution in [0.5, 0.6) is 0 Å². The zero-order valence-corrected chi connectivity index (χ0v) is 13.3. The van der Waals surface area contributed by atoms with Gasteiger partial charge in [0.15, 0.2) is 0 Å². The molecular formula is C19H20N4. The van der Waals surface area contributed by atoms with E-state index >= 15 is 0 Å². The van der Waals surface area contributed by atoms with E-state index in [1.54, 1.807) is 0 Å². The highest BCUT2D eigenvalue weighted by Crippen LogP contribution is 2.33. The van der Waals surface area contributed by atoms with Crippen molar-refractivity contribution in [3.05, 3.63) is 49.1 Å². The minimum Gasteiger partial charge on any atom is -0.368 e. The van der Waals surface area contributed by atoms with Gasteiger partial charge in [0.1, 0.15) is 0 Å². The maximum absolute atomic E-state index is 4.81. The lowest BCUT2D eigenvalue weighted by Gasteiger charge is -2.36. The number of anilines is 1. The van der Waals surface area contributed by atoms with E-state index < -0.39 is 0 Å². The lowest BCUT2D eigenvalue weighted by atomic mass is 10.0. The predicted molar refractivity (Wildman–Crippen MR) is 93.4 cm³/mol. The third-order valence-corrected chi connectivity index (χ3v) is 4.68. The lowest BCUT2D eigenvalue weighted by molar-refractivity contribution is 0.486. The Morgan fingerprint density at radius 2 is 1.87 bits per heavy atom. The van der Waals surface area contributed by atoms with E-state index in [9.17, 15) is 0 Å². The van der Waals surface area contributed by atoms with Gasteiger partial charge in [-0.05, 0) is 50.5 Å². The Hall–Kier alpha value is -2.49. The molecule has 0 radical (unpaired) electrons. The highest BCUT2D eigenvalue weighted by atomic mass is 15.2. The highest BCUT2D eigenvalue weighted by molar-refractivity contribution is 5.93. The fourth-order valence-corrected chi connectivity index (χ4v) is 3.43. The molecule has 3 aromatic heterocycles. The number of rotatable bonds is 2. The molecule has 1 unspecified atom stereocenters. The fourth-order valence-electron chi connectivity index (χ4n) is 3.43. The quantitative estimate of drug-likeness (QED) is 0.715. The molecule has 0 aromatic carbocycles. The van der Waals surface area contributed by atoms with Gasteiger partial charge in [-0.3, -0.25) is 9.97 Å². The van der Waals surface area contributed by atoms with Gasteiger partial charge in [-0.2, -0.15) is 0 Å². The second kappa shape index (κ2) is 5.95. The summed E-state index contributed by atoms with van der Waals surface area (Å²) in [6, 6.07) is 8.88. The maximum atomic E-state index is 4.81. The zero-order chi connectivity index (χ0) is 15.6. The molecule has 1 saturated heterocycles. The van der Waals surface area contributed by atoms with E-state index in [1.807, 2.05) is 36.9 Å². The van der Waals surface area contributed by atoms with E-state index in [0.717, 1.165) is 23.3 Å². The summed E-state index contributed by atoms with van der Waals surface area (Å²) in [6.07, 6.45) is 11.2. The predicted octanol–water partition coefficient (Wildman–Crippen LogP) is 4.07.